The third-order valence-electron chi connectivity index (χ3n) is 2.42. The van der Waals surface area contributed by atoms with E-state index in [0.29, 0.717) is 0 Å². The Kier molecular flexibility index (Phi) is 3.42. The summed E-state index contributed by atoms with van der Waals surface area (Å²) in [6, 6.07) is -0.805. The van der Waals surface area contributed by atoms with Crippen LogP contribution >= 0.6 is 11.8 Å². The van der Waals surface area contributed by atoms with Crippen molar-refractivity contribution in [1.82, 2.24) is 5.32 Å². The smallest absolute Gasteiger partial charge is 0.325 e. The highest BCUT2D eigenvalue weighted by molar-refractivity contribution is 8.01. The number of carboxylic acid groups (broad SMARTS) is 1. The molecule has 14 heavy (non-hydrogen) atoms. The number of carboxylic acids is 1. The van der Waals surface area contributed by atoms with Crippen LogP contribution < -0.4 is 5.32 Å². The summed E-state index contributed by atoms with van der Waals surface area (Å²) < 4.78 is -0.427. The number of carbonyl (C=O) groups is 2. The van der Waals surface area contributed by atoms with E-state index < -0.39 is 16.8 Å². The summed E-state index contributed by atoms with van der Waals surface area (Å²) in [7, 11) is 0. The molecule has 0 aliphatic carbocycles. The molecule has 0 aromatic heterocycles. The number of carbonyl (C=O) groups excluding carboxylic acids is 1. The fraction of sp³-hybridized carbons (Fsp3) is 0.778. The van der Waals surface area contributed by atoms with Crippen molar-refractivity contribution in [3.05, 3.63) is 0 Å². The summed E-state index contributed by atoms with van der Waals surface area (Å²) in [6.45, 7) is 3.35. The molecular weight excluding hydrogens is 202 g/mol. The average Bonchev–Trinajstić information content (AvgIpc) is 2.53. The quantitative estimate of drug-likeness (QED) is 0.736. The SMILES string of the molecule is C[C@H](NC(=O)C1(C)CCCS1)C(=O)O. The van der Waals surface area contributed by atoms with Gasteiger partial charge in [-0.3, -0.25) is 9.59 Å². The molecule has 4 nitrogen and oxygen atoms in total. The molecule has 0 aromatic carbocycles. The zero-order valence-corrected chi connectivity index (χ0v) is 9.19. The second-order valence-corrected chi connectivity index (χ2v) is 5.31. The van der Waals surface area contributed by atoms with Crippen LogP contribution in [0.1, 0.15) is 26.7 Å². The minimum Gasteiger partial charge on any atom is -0.480 e. The van der Waals surface area contributed by atoms with Crippen molar-refractivity contribution in [2.24, 2.45) is 0 Å². The van der Waals surface area contributed by atoms with Crippen molar-refractivity contribution in [3.8, 4) is 0 Å². The zero-order valence-electron chi connectivity index (χ0n) is 8.37. The highest BCUT2D eigenvalue weighted by atomic mass is 32.2. The number of hydrogen-bond acceptors (Lipinski definition) is 3. The summed E-state index contributed by atoms with van der Waals surface area (Å²) in [4.78, 5) is 22.2. The molecule has 1 fully saturated rings. The molecular formula is C9H15NO3S. The molecule has 1 aliphatic heterocycles. The second kappa shape index (κ2) is 4.21. The molecule has 0 aromatic rings. The van der Waals surface area contributed by atoms with Crippen LogP contribution in [-0.2, 0) is 9.59 Å². The van der Waals surface area contributed by atoms with Crippen LogP contribution in [-0.4, -0.2) is 33.5 Å². The van der Waals surface area contributed by atoms with E-state index in [-0.39, 0.29) is 5.91 Å². The molecule has 1 heterocycles. The van der Waals surface area contributed by atoms with Crippen molar-refractivity contribution in [2.45, 2.75) is 37.5 Å². The first-order valence-electron chi connectivity index (χ1n) is 4.63. The predicted molar refractivity (Wildman–Crippen MR) is 55.3 cm³/mol. The van der Waals surface area contributed by atoms with E-state index in [4.69, 9.17) is 5.11 Å². The van der Waals surface area contributed by atoms with Gasteiger partial charge in [-0.2, -0.15) is 0 Å². The van der Waals surface area contributed by atoms with Crippen molar-refractivity contribution < 1.29 is 14.7 Å². The van der Waals surface area contributed by atoms with Crippen LogP contribution in [0.15, 0.2) is 0 Å². The van der Waals surface area contributed by atoms with Gasteiger partial charge in [-0.15, -0.1) is 11.8 Å². The normalized spacial score (nSPS) is 28.4. The van der Waals surface area contributed by atoms with Crippen LogP contribution in [0.25, 0.3) is 0 Å². The molecule has 5 heteroatoms. The molecule has 1 amide bonds. The lowest BCUT2D eigenvalue weighted by molar-refractivity contribution is -0.141. The summed E-state index contributed by atoms with van der Waals surface area (Å²) >= 11 is 1.60. The van der Waals surface area contributed by atoms with Crippen LogP contribution in [0, 0.1) is 0 Å². The molecule has 1 unspecified atom stereocenters. The van der Waals surface area contributed by atoms with Gasteiger partial charge in [0, 0.05) is 0 Å². The summed E-state index contributed by atoms with van der Waals surface area (Å²) in [6.07, 6.45) is 1.85. The molecule has 1 aliphatic rings. The number of aliphatic carboxylic acids is 1. The van der Waals surface area contributed by atoms with Gasteiger partial charge in [0.25, 0.3) is 0 Å². The fourth-order valence-corrected chi connectivity index (χ4v) is 2.59. The van der Waals surface area contributed by atoms with Gasteiger partial charge in [0.1, 0.15) is 6.04 Å². The highest BCUT2D eigenvalue weighted by Gasteiger charge is 2.38. The number of hydrogen-bond donors (Lipinski definition) is 2. The van der Waals surface area contributed by atoms with E-state index in [1.165, 1.54) is 6.92 Å². The van der Waals surface area contributed by atoms with Gasteiger partial charge < -0.3 is 10.4 Å². The lowest BCUT2D eigenvalue weighted by Crippen LogP contribution is -2.47. The summed E-state index contributed by atoms with van der Waals surface area (Å²) in [5.74, 6) is -0.175. The molecule has 0 radical (unpaired) electrons. The Morgan fingerprint density at radius 3 is 2.64 bits per heavy atom. The van der Waals surface area contributed by atoms with E-state index in [1.807, 2.05) is 6.92 Å². The van der Waals surface area contributed by atoms with Crippen LogP contribution in [0.2, 0.25) is 0 Å². The minimum absolute atomic E-state index is 0.157. The number of thioether (sulfide) groups is 1. The molecule has 2 atom stereocenters. The first kappa shape index (κ1) is 11.4. The zero-order chi connectivity index (χ0) is 10.8. The Labute approximate surface area is 87.4 Å². The lowest BCUT2D eigenvalue weighted by atomic mass is 10.0. The topological polar surface area (TPSA) is 66.4 Å². The van der Waals surface area contributed by atoms with E-state index in [2.05, 4.69) is 5.32 Å². The van der Waals surface area contributed by atoms with Crippen molar-refractivity contribution >= 4 is 23.6 Å². The number of rotatable bonds is 3. The highest BCUT2D eigenvalue weighted by Crippen LogP contribution is 2.37. The Morgan fingerprint density at radius 2 is 2.21 bits per heavy atom. The Morgan fingerprint density at radius 1 is 1.57 bits per heavy atom. The fourth-order valence-electron chi connectivity index (χ4n) is 1.37. The number of amides is 1. The molecule has 0 spiro atoms. The van der Waals surface area contributed by atoms with E-state index in [1.54, 1.807) is 11.8 Å². The maximum atomic E-state index is 11.7. The van der Waals surface area contributed by atoms with Gasteiger partial charge >= 0.3 is 5.97 Å². The Balaban J connectivity index is 2.53. The first-order chi connectivity index (χ1) is 6.46. The Hall–Kier alpha value is -0.710. The third-order valence-corrected chi connectivity index (χ3v) is 3.94. The van der Waals surface area contributed by atoms with Gasteiger partial charge in [0.15, 0.2) is 0 Å². The third kappa shape index (κ3) is 2.41. The monoisotopic (exact) mass is 217 g/mol. The summed E-state index contributed by atoms with van der Waals surface area (Å²) in [5, 5.41) is 11.1. The van der Waals surface area contributed by atoms with Crippen LogP contribution in [0.3, 0.4) is 0 Å². The maximum absolute atomic E-state index is 11.7. The maximum Gasteiger partial charge on any atom is 0.325 e. The van der Waals surface area contributed by atoms with Gasteiger partial charge in [0.05, 0.1) is 4.75 Å². The largest absolute Gasteiger partial charge is 0.480 e. The van der Waals surface area contributed by atoms with E-state index in [0.717, 1.165) is 18.6 Å². The minimum atomic E-state index is -0.995. The molecule has 1 rings (SSSR count). The van der Waals surface area contributed by atoms with Crippen LogP contribution in [0.4, 0.5) is 0 Å². The van der Waals surface area contributed by atoms with Gasteiger partial charge in [0.2, 0.25) is 5.91 Å². The molecule has 0 bridgehead atoms. The second-order valence-electron chi connectivity index (χ2n) is 3.72. The van der Waals surface area contributed by atoms with Crippen molar-refractivity contribution in [2.75, 3.05) is 5.75 Å². The van der Waals surface area contributed by atoms with Gasteiger partial charge in [-0.25, -0.2) is 0 Å². The number of nitrogens with one attached hydrogen (secondary N) is 1. The van der Waals surface area contributed by atoms with E-state index >= 15 is 0 Å². The molecule has 0 saturated carbocycles. The van der Waals surface area contributed by atoms with E-state index in [9.17, 15) is 9.59 Å². The average molecular weight is 217 g/mol. The Bertz CT molecular complexity index is 248. The van der Waals surface area contributed by atoms with Gasteiger partial charge in [-0.05, 0) is 32.4 Å². The van der Waals surface area contributed by atoms with Crippen molar-refractivity contribution in [1.29, 1.82) is 0 Å². The standard InChI is InChI=1S/C9H15NO3S/c1-6(7(11)12)10-8(13)9(2)4-3-5-14-9/h6H,3-5H2,1-2H3,(H,10,13)(H,11,12)/t6-,9?/m0/s1. The molecule has 1 saturated heterocycles. The summed E-state index contributed by atoms with van der Waals surface area (Å²) in [5.41, 5.74) is 0. The first-order valence-corrected chi connectivity index (χ1v) is 5.62. The van der Waals surface area contributed by atoms with Crippen LogP contribution in [0.5, 0.6) is 0 Å². The van der Waals surface area contributed by atoms with Gasteiger partial charge in [-0.1, -0.05) is 0 Å². The van der Waals surface area contributed by atoms with Crippen molar-refractivity contribution in [3.63, 3.8) is 0 Å². The molecule has 80 valence electrons. The lowest BCUT2D eigenvalue weighted by Gasteiger charge is -2.22. The molecule has 2 N–H and O–H groups in total. The predicted octanol–water partition coefficient (Wildman–Crippen LogP) is 0.861.